The Morgan fingerprint density at radius 1 is 1.27 bits per heavy atom. The molecule has 0 spiro atoms. The predicted molar refractivity (Wildman–Crippen MR) is 51.8 cm³/mol. The first-order chi connectivity index (χ1) is 4.99. The van der Waals surface area contributed by atoms with Gasteiger partial charge < -0.3 is 5.32 Å². The van der Waals surface area contributed by atoms with Crippen LogP contribution in [0.1, 0.15) is 41.0 Å². The summed E-state index contributed by atoms with van der Waals surface area (Å²) in [5.74, 6) is 0.745. The lowest BCUT2D eigenvalue weighted by Crippen LogP contribution is -2.42. The second-order valence-corrected chi connectivity index (χ2v) is 4.02. The Morgan fingerprint density at radius 2 is 1.73 bits per heavy atom. The summed E-state index contributed by atoms with van der Waals surface area (Å²) >= 11 is 0. The Balaban J connectivity index is 4.32. The quantitative estimate of drug-likeness (QED) is 0.661. The molecule has 0 bridgehead atoms. The van der Waals surface area contributed by atoms with Gasteiger partial charge >= 0.3 is 0 Å². The molecule has 1 heteroatoms. The van der Waals surface area contributed by atoms with E-state index >= 15 is 0 Å². The molecule has 0 heterocycles. The van der Waals surface area contributed by atoms with Gasteiger partial charge in [0, 0.05) is 6.04 Å². The molecule has 68 valence electrons. The van der Waals surface area contributed by atoms with Gasteiger partial charge in [-0.2, -0.15) is 0 Å². The normalized spacial score (nSPS) is 19.9. The molecule has 0 fully saturated rings. The van der Waals surface area contributed by atoms with E-state index in [1.54, 1.807) is 0 Å². The molecule has 11 heavy (non-hydrogen) atoms. The Bertz CT molecular complexity index is 109. The standard InChI is InChI=1S/C10H23N/c1-7-10(5,8(2)3)9(4)11-6/h8-9,11H,7H2,1-6H3. The van der Waals surface area contributed by atoms with Gasteiger partial charge in [-0.05, 0) is 31.7 Å². The highest BCUT2D eigenvalue weighted by molar-refractivity contribution is 4.85. The summed E-state index contributed by atoms with van der Waals surface area (Å²) in [6, 6.07) is 0.604. The smallest absolute Gasteiger partial charge is 0.00918 e. The van der Waals surface area contributed by atoms with Crippen LogP contribution in [0.3, 0.4) is 0 Å². The van der Waals surface area contributed by atoms with Gasteiger partial charge in [0.15, 0.2) is 0 Å². The van der Waals surface area contributed by atoms with Gasteiger partial charge in [0.05, 0.1) is 0 Å². The van der Waals surface area contributed by atoms with Gasteiger partial charge in [0.2, 0.25) is 0 Å². The Kier molecular flexibility index (Phi) is 4.09. The fraction of sp³-hybridized carbons (Fsp3) is 1.00. The molecular weight excluding hydrogens is 134 g/mol. The van der Waals surface area contributed by atoms with Gasteiger partial charge in [0.25, 0.3) is 0 Å². The molecule has 0 saturated heterocycles. The summed E-state index contributed by atoms with van der Waals surface area (Å²) in [6.45, 7) is 11.5. The fourth-order valence-corrected chi connectivity index (χ4v) is 1.54. The van der Waals surface area contributed by atoms with Crippen molar-refractivity contribution in [1.82, 2.24) is 5.32 Å². The highest BCUT2D eigenvalue weighted by atomic mass is 14.9. The SMILES string of the molecule is CCC(C)(C(C)C)C(C)NC. The van der Waals surface area contributed by atoms with Crippen molar-refractivity contribution in [3.05, 3.63) is 0 Å². The molecule has 0 radical (unpaired) electrons. The largest absolute Gasteiger partial charge is 0.317 e. The van der Waals surface area contributed by atoms with Gasteiger partial charge in [0.1, 0.15) is 0 Å². The van der Waals surface area contributed by atoms with Crippen LogP contribution in [0.2, 0.25) is 0 Å². The van der Waals surface area contributed by atoms with Gasteiger partial charge in [-0.25, -0.2) is 0 Å². The summed E-state index contributed by atoms with van der Waals surface area (Å²) in [7, 11) is 2.04. The van der Waals surface area contributed by atoms with Crippen molar-refractivity contribution in [3.63, 3.8) is 0 Å². The Morgan fingerprint density at radius 3 is 1.82 bits per heavy atom. The van der Waals surface area contributed by atoms with E-state index in [2.05, 4.69) is 39.9 Å². The molecule has 0 aromatic rings. The lowest BCUT2D eigenvalue weighted by Gasteiger charge is -2.38. The van der Waals surface area contributed by atoms with Crippen molar-refractivity contribution < 1.29 is 0 Å². The van der Waals surface area contributed by atoms with E-state index in [9.17, 15) is 0 Å². The van der Waals surface area contributed by atoms with Crippen molar-refractivity contribution in [1.29, 1.82) is 0 Å². The van der Waals surface area contributed by atoms with Crippen LogP contribution in [0.15, 0.2) is 0 Å². The van der Waals surface area contributed by atoms with Crippen LogP contribution in [-0.4, -0.2) is 13.1 Å². The van der Waals surface area contributed by atoms with Crippen LogP contribution >= 0.6 is 0 Å². The molecule has 1 N–H and O–H groups in total. The third kappa shape index (κ3) is 2.19. The van der Waals surface area contributed by atoms with Crippen LogP contribution in [0.5, 0.6) is 0 Å². The summed E-state index contributed by atoms with van der Waals surface area (Å²) in [4.78, 5) is 0. The third-order valence-corrected chi connectivity index (χ3v) is 3.50. The average Bonchev–Trinajstić information content (AvgIpc) is 2.01. The van der Waals surface area contributed by atoms with Crippen LogP contribution in [0.4, 0.5) is 0 Å². The molecular formula is C10H23N. The van der Waals surface area contributed by atoms with Crippen molar-refractivity contribution in [2.24, 2.45) is 11.3 Å². The van der Waals surface area contributed by atoms with Crippen molar-refractivity contribution in [2.75, 3.05) is 7.05 Å². The summed E-state index contributed by atoms with van der Waals surface area (Å²) in [5.41, 5.74) is 0.439. The second kappa shape index (κ2) is 4.10. The number of hydrogen-bond donors (Lipinski definition) is 1. The molecule has 0 saturated carbocycles. The highest BCUT2D eigenvalue weighted by Crippen LogP contribution is 2.34. The minimum atomic E-state index is 0.439. The van der Waals surface area contributed by atoms with Crippen LogP contribution in [0.25, 0.3) is 0 Å². The average molecular weight is 157 g/mol. The van der Waals surface area contributed by atoms with E-state index in [-0.39, 0.29) is 0 Å². The van der Waals surface area contributed by atoms with Gasteiger partial charge in [-0.15, -0.1) is 0 Å². The van der Waals surface area contributed by atoms with Crippen LogP contribution in [0, 0.1) is 11.3 Å². The van der Waals surface area contributed by atoms with E-state index in [1.165, 1.54) is 6.42 Å². The molecule has 0 rings (SSSR count). The maximum Gasteiger partial charge on any atom is 0.00918 e. The minimum absolute atomic E-state index is 0.439. The lowest BCUT2D eigenvalue weighted by atomic mass is 9.72. The third-order valence-electron chi connectivity index (χ3n) is 3.50. The molecule has 2 unspecified atom stereocenters. The minimum Gasteiger partial charge on any atom is -0.317 e. The predicted octanol–water partition coefficient (Wildman–Crippen LogP) is 2.67. The maximum absolute atomic E-state index is 3.34. The summed E-state index contributed by atoms with van der Waals surface area (Å²) in [6.07, 6.45) is 1.24. The summed E-state index contributed by atoms with van der Waals surface area (Å²) < 4.78 is 0. The lowest BCUT2D eigenvalue weighted by molar-refractivity contribution is 0.149. The highest BCUT2D eigenvalue weighted by Gasteiger charge is 2.31. The topological polar surface area (TPSA) is 12.0 Å². The molecule has 0 aliphatic carbocycles. The molecule has 0 amide bonds. The van der Waals surface area contributed by atoms with E-state index < -0.39 is 0 Å². The van der Waals surface area contributed by atoms with E-state index in [0.717, 1.165) is 5.92 Å². The number of rotatable bonds is 4. The van der Waals surface area contributed by atoms with E-state index in [1.807, 2.05) is 7.05 Å². The number of hydrogen-bond acceptors (Lipinski definition) is 1. The van der Waals surface area contributed by atoms with Crippen LogP contribution in [-0.2, 0) is 0 Å². The zero-order chi connectivity index (χ0) is 9.07. The molecule has 2 atom stereocenters. The fourth-order valence-electron chi connectivity index (χ4n) is 1.54. The summed E-state index contributed by atoms with van der Waals surface area (Å²) in [5, 5.41) is 3.34. The zero-order valence-corrected chi connectivity index (χ0v) is 8.86. The number of nitrogens with one attached hydrogen (secondary N) is 1. The van der Waals surface area contributed by atoms with Crippen molar-refractivity contribution in [3.8, 4) is 0 Å². The van der Waals surface area contributed by atoms with Crippen molar-refractivity contribution in [2.45, 2.75) is 47.1 Å². The second-order valence-electron chi connectivity index (χ2n) is 4.02. The molecule has 0 aromatic carbocycles. The van der Waals surface area contributed by atoms with E-state index in [0.29, 0.717) is 11.5 Å². The molecule has 1 nitrogen and oxygen atoms in total. The first kappa shape index (κ1) is 11.0. The van der Waals surface area contributed by atoms with E-state index in [4.69, 9.17) is 0 Å². The molecule has 0 aliphatic heterocycles. The molecule has 0 aliphatic rings. The monoisotopic (exact) mass is 157 g/mol. The van der Waals surface area contributed by atoms with Crippen LogP contribution < -0.4 is 5.32 Å². The van der Waals surface area contributed by atoms with Gasteiger partial charge in [-0.1, -0.05) is 27.7 Å². The Hall–Kier alpha value is -0.0400. The van der Waals surface area contributed by atoms with Gasteiger partial charge in [-0.3, -0.25) is 0 Å². The first-order valence-electron chi connectivity index (χ1n) is 4.66. The maximum atomic E-state index is 3.34. The molecule has 0 aromatic heterocycles. The zero-order valence-electron chi connectivity index (χ0n) is 8.86. The Labute approximate surface area is 71.6 Å². The van der Waals surface area contributed by atoms with Crippen molar-refractivity contribution >= 4 is 0 Å². The first-order valence-corrected chi connectivity index (χ1v) is 4.66.